The molecule has 1 unspecified atom stereocenters. The molecule has 0 aromatic heterocycles. The van der Waals surface area contributed by atoms with Crippen molar-refractivity contribution in [1.82, 2.24) is 5.32 Å². The summed E-state index contributed by atoms with van der Waals surface area (Å²) in [7, 11) is 0. The van der Waals surface area contributed by atoms with Gasteiger partial charge in [0.15, 0.2) is 0 Å². The number of hydrogen-bond acceptors (Lipinski definition) is 5. The van der Waals surface area contributed by atoms with Gasteiger partial charge in [-0.25, -0.2) is 0 Å². The van der Waals surface area contributed by atoms with E-state index in [2.05, 4.69) is 5.32 Å². The van der Waals surface area contributed by atoms with Crippen LogP contribution in [0.3, 0.4) is 0 Å². The van der Waals surface area contributed by atoms with E-state index in [4.69, 9.17) is 16.3 Å². The van der Waals surface area contributed by atoms with E-state index in [1.165, 1.54) is 12.1 Å². The number of nitrogens with one attached hydrogen (secondary N) is 1. The number of nitro groups is 1. The first-order valence-electron chi connectivity index (χ1n) is 7.87. The Kier molecular flexibility index (Phi) is 6.68. The van der Waals surface area contributed by atoms with Gasteiger partial charge in [-0.3, -0.25) is 19.7 Å². The average Bonchev–Trinajstić information content (AvgIpc) is 2.61. The van der Waals surface area contributed by atoms with Crippen LogP contribution in [-0.4, -0.2) is 23.4 Å². The van der Waals surface area contributed by atoms with E-state index in [0.717, 1.165) is 6.07 Å². The SMILES string of the molecule is CCOC(=O)CC(NC(=O)c1ccc(Cl)cc1[N+](=O)[O-])c1ccccc1. The minimum absolute atomic E-state index is 0.0923. The van der Waals surface area contributed by atoms with Gasteiger partial charge in [0.25, 0.3) is 11.6 Å². The first kappa shape index (κ1) is 19.4. The lowest BCUT2D eigenvalue weighted by molar-refractivity contribution is -0.385. The number of ether oxygens (including phenoxy) is 1. The van der Waals surface area contributed by atoms with Crippen LogP contribution in [-0.2, 0) is 9.53 Å². The second-order valence-corrected chi connectivity index (χ2v) is 5.80. The van der Waals surface area contributed by atoms with Crippen molar-refractivity contribution in [3.63, 3.8) is 0 Å². The van der Waals surface area contributed by atoms with Crippen LogP contribution in [0, 0.1) is 10.1 Å². The number of nitrogens with zero attached hydrogens (tertiary/aromatic N) is 1. The fraction of sp³-hybridized carbons (Fsp3) is 0.222. The van der Waals surface area contributed by atoms with Gasteiger partial charge < -0.3 is 10.1 Å². The van der Waals surface area contributed by atoms with Crippen LogP contribution < -0.4 is 5.32 Å². The van der Waals surface area contributed by atoms with Gasteiger partial charge in [-0.05, 0) is 24.6 Å². The lowest BCUT2D eigenvalue weighted by Gasteiger charge is -2.18. The number of carbonyl (C=O) groups is 2. The highest BCUT2D eigenvalue weighted by atomic mass is 35.5. The van der Waals surface area contributed by atoms with Gasteiger partial charge >= 0.3 is 5.97 Å². The summed E-state index contributed by atoms with van der Waals surface area (Å²) in [5.41, 5.74) is 0.146. The van der Waals surface area contributed by atoms with E-state index in [1.54, 1.807) is 37.3 Å². The van der Waals surface area contributed by atoms with Crippen molar-refractivity contribution >= 4 is 29.2 Å². The molecular weight excluding hydrogens is 360 g/mol. The zero-order valence-electron chi connectivity index (χ0n) is 14.0. The third kappa shape index (κ3) is 5.03. The van der Waals surface area contributed by atoms with Crippen molar-refractivity contribution in [3.8, 4) is 0 Å². The summed E-state index contributed by atoms with van der Waals surface area (Å²) in [4.78, 5) is 35.0. The molecule has 1 amide bonds. The Morgan fingerprint density at radius 3 is 2.54 bits per heavy atom. The molecule has 7 nitrogen and oxygen atoms in total. The summed E-state index contributed by atoms with van der Waals surface area (Å²) in [5.74, 6) is -1.15. The number of benzene rings is 2. The van der Waals surface area contributed by atoms with Crippen molar-refractivity contribution < 1.29 is 19.2 Å². The molecule has 0 heterocycles. The van der Waals surface area contributed by atoms with Crippen LogP contribution in [0.5, 0.6) is 0 Å². The molecule has 2 aromatic carbocycles. The first-order valence-corrected chi connectivity index (χ1v) is 8.25. The normalized spacial score (nSPS) is 11.5. The van der Waals surface area contributed by atoms with Crippen molar-refractivity contribution in [3.05, 3.63) is 74.8 Å². The van der Waals surface area contributed by atoms with Crippen molar-refractivity contribution in [1.29, 1.82) is 0 Å². The number of rotatable bonds is 7. The molecule has 2 aromatic rings. The Balaban J connectivity index is 2.29. The molecule has 26 heavy (non-hydrogen) atoms. The lowest BCUT2D eigenvalue weighted by Crippen LogP contribution is -2.31. The van der Waals surface area contributed by atoms with Crippen molar-refractivity contribution in [2.45, 2.75) is 19.4 Å². The number of nitro benzene ring substituents is 1. The van der Waals surface area contributed by atoms with E-state index >= 15 is 0 Å². The second-order valence-electron chi connectivity index (χ2n) is 5.36. The van der Waals surface area contributed by atoms with Crippen molar-refractivity contribution in [2.24, 2.45) is 0 Å². The zero-order valence-corrected chi connectivity index (χ0v) is 14.7. The van der Waals surface area contributed by atoms with E-state index < -0.39 is 28.5 Å². The Morgan fingerprint density at radius 2 is 1.92 bits per heavy atom. The summed E-state index contributed by atoms with van der Waals surface area (Å²) >= 11 is 5.77. The van der Waals surface area contributed by atoms with Gasteiger partial charge in [-0.2, -0.15) is 0 Å². The van der Waals surface area contributed by atoms with Gasteiger partial charge in [-0.15, -0.1) is 0 Å². The quantitative estimate of drug-likeness (QED) is 0.451. The Labute approximate surface area is 155 Å². The molecule has 1 atom stereocenters. The van der Waals surface area contributed by atoms with Crippen LogP contribution in [0.4, 0.5) is 5.69 Å². The first-order chi connectivity index (χ1) is 12.4. The molecule has 0 spiro atoms. The Hall–Kier alpha value is -2.93. The minimum atomic E-state index is -0.682. The molecule has 0 aliphatic rings. The van der Waals surface area contributed by atoms with Crippen LogP contribution >= 0.6 is 11.6 Å². The standard InChI is InChI=1S/C18H17ClN2O5/c1-2-26-17(22)11-15(12-6-4-3-5-7-12)20-18(23)14-9-8-13(19)10-16(14)21(24)25/h3-10,15H,2,11H2,1H3,(H,20,23). The van der Waals surface area contributed by atoms with E-state index in [0.29, 0.717) is 5.56 Å². The fourth-order valence-corrected chi connectivity index (χ4v) is 2.57. The predicted molar refractivity (Wildman–Crippen MR) is 96.0 cm³/mol. The molecule has 2 rings (SSSR count). The van der Waals surface area contributed by atoms with E-state index in [-0.39, 0.29) is 23.6 Å². The molecule has 0 bridgehead atoms. The highest BCUT2D eigenvalue weighted by molar-refractivity contribution is 6.31. The summed E-state index contributed by atoms with van der Waals surface area (Å²) in [5, 5.41) is 14.0. The largest absolute Gasteiger partial charge is 0.466 e. The van der Waals surface area contributed by atoms with Crippen molar-refractivity contribution in [2.75, 3.05) is 6.61 Å². The highest BCUT2D eigenvalue weighted by Gasteiger charge is 2.25. The molecule has 0 saturated carbocycles. The fourth-order valence-electron chi connectivity index (χ4n) is 2.41. The third-order valence-electron chi connectivity index (χ3n) is 3.58. The van der Waals surface area contributed by atoms with E-state index in [1.807, 2.05) is 0 Å². The Bertz CT molecular complexity index is 810. The monoisotopic (exact) mass is 376 g/mol. The minimum Gasteiger partial charge on any atom is -0.466 e. The van der Waals surface area contributed by atoms with Gasteiger partial charge in [0.2, 0.25) is 0 Å². The number of amides is 1. The molecule has 136 valence electrons. The second kappa shape index (κ2) is 8.96. The van der Waals surface area contributed by atoms with Crippen LogP contribution in [0.2, 0.25) is 5.02 Å². The zero-order chi connectivity index (χ0) is 19.1. The highest BCUT2D eigenvalue weighted by Crippen LogP contribution is 2.25. The van der Waals surface area contributed by atoms with Crippen LogP contribution in [0.15, 0.2) is 48.5 Å². The summed E-state index contributed by atoms with van der Waals surface area (Å²) in [6.45, 7) is 1.90. The van der Waals surface area contributed by atoms with Gasteiger partial charge in [0.05, 0.1) is 24.0 Å². The molecule has 0 fully saturated rings. The molecule has 0 aliphatic carbocycles. The molecule has 1 N–H and O–H groups in total. The van der Waals surface area contributed by atoms with Gasteiger partial charge in [0, 0.05) is 11.1 Å². The molecular formula is C18H17ClN2O5. The number of carbonyl (C=O) groups excluding carboxylic acids is 2. The maximum Gasteiger partial charge on any atom is 0.308 e. The topological polar surface area (TPSA) is 98.5 Å². The third-order valence-corrected chi connectivity index (χ3v) is 3.82. The maximum atomic E-state index is 12.6. The van der Waals surface area contributed by atoms with Gasteiger partial charge in [-0.1, -0.05) is 41.9 Å². The number of hydrogen-bond donors (Lipinski definition) is 1. The molecule has 0 saturated heterocycles. The van der Waals surface area contributed by atoms with Crippen LogP contribution in [0.25, 0.3) is 0 Å². The predicted octanol–water partition coefficient (Wildman–Crippen LogP) is 3.67. The molecule has 0 aliphatic heterocycles. The van der Waals surface area contributed by atoms with Gasteiger partial charge in [0.1, 0.15) is 5.56 Å². The summed E-state index contributed by atoms with van der Waals surface area (Å²) < 4.78 is 4.94. The summed E-state index contributed by atoms with van der Waals surface area (Å²) in [6.07, 6.45) is -0.0923. The van der Waals surface area contributed by atoms with Crippen LogP contribution in [0.1, 0.15) is 35.3 Å². The Morgan fingerprint density at radius 1 is 1.23 bits per heavy atom. The number of esters is 1. The molecule has 0 radical (unpaired) electrons. The summed E-state index contributed by atoms with van der Waals surface area (Å²) in [6, 6.07) is 11.9. The smallest absolute Gasteiger partial charge is 0.308 e. The number of halogens is 1. The maximum absolute atomic E-state index is 12.6. The molecule has 8 heteroatoms. The average molecular weight is 377 g/mol. The lowest BCUT2D eigenvalue weighted by atomic mass is 10.0. The van der Waals surface area contributed by atoms with E-state index in [9.17, 15) is 19.7 Å².